The number of aromatic nitrogens is 3. The van der Waals surface area contributed by atoms with Crippen LogP contribution >= 0.6 is 11.6 Å². The van der Waals surface area contributed by atoms with Crippen LogP contribution in [0.2, 0.25) is 5.02 Å². The minimum absolute atomic E-state index is 0.126. The van der Waals surface area contributed by atoms with Crippen LogP contribution < -0.4 is 19.8 Å². The summed E-state index contributed by atoms with van der Waals surface area (Å²) in [4.78, 5) is 35.4. The van der Waals surface area contributed by atoms with Gasteiger partial charge in [0.25, 0.3) is 0 Å². The summed E-state index contributed by atoms with van der Waals surface area (Å²) in [6.45, 7) is 10.3. The smallest absolute Gasteiger partial charge is 0.235 e. The lowest BCUT2D eigenvalue weighted by molar-refractivity contribution is -0.134. The predicted octanol–water partition coefficient (Wildman–Crippen LogP) is 7.49. The number of imide groups is 1. The van der Waals surface area contributed by atoms with Crippen molar-refractivity contribution in [3.8, 4) is 28.1 Å². The van der Waals surface area contributed by atoms with E-state index in [1.54, 1.807) is 49.3 Å². The molecule has 15 heteroatoms. The Kier molecular flexibility index (Phi) is 12.2. The van der Waals surface area contributed by atoms with Crippen molar-refractivity contribution in [2.24, 2.45) is 5.92 Å². The van der Waals surface area contributed by atoms with E-state index in [0.29, 0.717) is 36.4 Å². The van der Waals surface area contributed by atoms with E-state index >= 15 is 4.39 Å². The highest BCUT2D eigenvalue weighted by Gasteiger charge is 2.29. The van der Waals surface area contributed by atoms with E-state index in [-0.39, 0.29) is 34.0 Å². The number of piperidine rings is 2. The Balaban J connectivity index is 0.889. The first-order valence-corrected chi connectivity index (χ1v) is 22.7. The second-order valence-corrected chi connectivity index (χ2v) is 18.6. The highest BCUT2D eigenvalue weighted by atomic mass is 35.5. The fourth-order valence-electron chi connectivity index (χ4n) is 8.43. The summed E-state index contributed by atoms with van der Waals surface area (Å²) in [7, 11) is -3.84. The standard InChI is InChI=1S/C45H50ClFN8O4S/c1-3-30(2)60(58,59)51-41-27-34(46)26-39(43(41)47)40-29-55(50-44(40)33-14-18-48-19-15-33)37-10-8-36(9-11-37)54-24-22-52(23-25-54)28-31-16-20-53(21-17-31)35-6-4-32(5-7-35)38-12-13-42(56)49-45(38)57/h4-11,14-15,18-19,26-27,29-31,38,51H,3,12-13,16-17,20-25,28H2,1-2H3,(H,49,56,57)/t30?,38-/m1/s1. The monoisotopic (exact) mass is 852 g/mol. The first-order valence-electron chi connectivity index (χ1n) is 20.7. The summed E-state index contributed by atoms with van der Waals surface area (Å²) < 4.78 is 46.2. The molecule has 5 aromatic rings. The van der Waals surface area contributed by atoms with Crippen molar-refractivity contribution >= 4 is 50.5 Å². The van der Waals surface area contributed by atoms with Gasteiger partial charge in [-0.15, -0.1) is 0 Å². The molecule has 3 aliphatic heterocycles. The van der Waals surface area contributed by atoms with E-state index < -0.39 is 21.1 Å². The summed E-state index contributed by atoms with van der Waals surface area (Å²) in [5.41, 5.74) is 5.64. The Labute approximate surface area is 355 Å². The van der Waals surface area contributed by atoms with Gasteiger partial charge >= 0.3 is 0 Å². The van der Waals surface area contributed by atoms with E-state index in [2.05, 4.69) is 54.0 Å². The summed E-state index contributed by atoms with van der Waals surface area (Å²) in [6.07, 6.45) is 8.62. The third kappa shape index (κ3) is 9.05. The van der Waals surface area contributed by atoms with Gasteiger partial charge in [-0.05, 0) is 105 Å². The first-order chi connectivity index (χ1) is 28.9. The topological polar surface area (TPSA) is 133 Å². The van der Waals surface area contributed by atoms with Gasteiger partial charge in [0.05, 0.1) is 22.5 Å². The average Bonchev–Trinajstić information content (AvgIpc) is 3.71. The molecule has 3 fully saturated rings. The van der Waals surface area contributed by atoms with Crippen LogP contribution in [0.4, 0.5) is 21.5 Å². The quantitative estimate of drug-likeness (QED) is 0.123. The van der Waals surface area contributed by atoms with E-state index in [4.69, 9.17) is 16.7 Å². The van der Waals surface area contributed by atoms with Crippen molar-refractivity contribution < 1.29 is 22.4 Å². The Hall–Kier alpha value is -5.31. The van der Waals surface area contributed by atoms with Crippen LogP contribution in [-0.4, -0.2) is 91.0 Å². The van der Waals surface area contributed by atoms with Crippen LogP contribution in [0.1, 0.15) is 57.4 Å². The first kappa shape index (κ1) is 41.4. The van der Waals surface area contributed by atoms with Gasteiger partial charge in [-0.2, -0.15) is 5.10 Å². The van der Waals surface area contributed by atoms with Gasteiger partial charge in [0, 0.05) is 104 Å². The van der Waals surface area contributed by atoms with Crippen LogP contribution in [0.25, 0.3) is 28.1 Å². The number of hydrogen-bond acceptors (Lipinski definition) is 9. The number of rotatable bonds is 12. The Bertz CT molecular complexity index is 2430. The number of nitrogens with one attached hydrogen (secondary N) is 2. The van der Waals surface area contributed by atoms with Crippen molar-refractivity contribution in [1.29, 1.82) is 0 Å². The van der Waals surface area contributed by atoms with Gasteiger partial charge in [-0.3, -0.25) is 29.5 Å². The molecule has 2 aromatic heterocycles. The molecule has 3 saturated heterocycles. The molecule has 5 heterocycles. The largest absolute Gasteiger partial charge is 0.372 e. The summed E-state index contributed by atoms with van der Waals surface area (Å²) in [5.74, 6) is -0.743. The zero-order valence-electron chi connectivity index (χ0n) is 33.9. The lowest BCUT2D eigenvalue weighted by Gasteiger charge is -2.40. The number of pyridine rings is 1. The Morgan fingerprint density at radius 1 is 0.850 bits per heavy atom. The number of halogens is 2. The lowest BCUT2D eigenvalue weighted by Crippen LogP contribution is -2.49. The molecule has 0 aliphatic carbocycles. The summed E-state index contributed by atoms with van der Waals surface area (Å²) in [6, 6.07) is 22.9. The van der Waals surface area contributed by atoms with Crippen LogP contribution in [0.3, 0.4) is 0 Å². The van der Waals surface area contributed by atoms with Gasteiger partial charge in [0.15, 0.2) is 5.82 Å². The van der Waals surface area contributed by atoms with E-state index in [0.717, 1.165) is 81.2 Å². The maximum atomic E-state index is 16.3. The lowest BCUT2D eigenvalue weighted by atomic mass is 9.90. The number of piperazine rings is 1. The molecular formula is C45H50ClFN8O4S. The number of carbonyl (C=O) groups is 2. The molecule has 1 unspecified atom stereocenters. The summed E-state index contributed by atoms with van der Waals surface area (Å²) >= 11 is 6.48. The maximum absolute atomic E-state index is 16.3. The Morgan fingerprint density at radius 3 is 2.13 bits per heavy atom. The van der Waals surface area contributed by atoms with Crippen molar-refractivity contribution in [1.82, 2.24) is 25.0 Å². The maximum Gasteiger partial charge on any atom is 0.235 e. The highest BCUT2D eigenvalue weighted by molar-refractivity contribution is 7.93. The van der Waals surface area contributed by atoms with Crippen molar-refractivity contribution in [2.75, 3.05) is 60.3 Å². The van der Waals surface area contributed by atoms with Crippen LogP contribution in [0.5, 0.6) is 0 Å². The van der Waals surface area contributed by atoms with Gasteiger partial charge in [-0.1, -0.05) is 30.7 Å². The SMILES string of the molecule is CCC(C)S(=O)(=O)Nc1cc(Cl)cc(-c2cn(-c3ccc(N4CCN(CC5CCN(c6ccc([C@H]7CCC(=O)NC7=O)cc6)CC5)CC4)cc3)nc2-c2ccncc2)c1F. The van der Waals surface area contributed by atoms with Crippen LogP contribution in [0, 0.1) is 11.7 Å². The van der Waals surface area contributed by atoms with Crippen LogP contribution in [-0.2, 0) is 19.6 Å². The molecule has 60 heavy (non-hydrogen) atoms. The number of sulfonamides is 1. The number of hydrogen-bond donors (Lipinski definition) is 2. The Morgan fingerprint density at radius 2 is 1.48 bits per heavy atom. The third-order valence-electron chi connectivity index (χ3n) is 12.2. The number of nitrogens with zero attached hydrogens (tertiary/aromatic N) is 6. The number of amides is 2. The second-order valence-electron chi connectivity index (χ2n) is 16.1. The van der Waals surface area contributed by atoms with E-state index in [1.165, 1.54) is 17.8 Å². The van der Waals surface area contributed by atoms with Crippen LogP contribution in [0.15, 0.2) is 91.4 Å². The molecular weight excluding hydrogens is 803 g/mol. The fourth-order valence-corrected chi connectivity index (χ4v) is 9.75. The van der Waals surface area contributed by atoms with Gasteiger partial charge in [0.1, 0.15) is 5.69 Å². The fraction of sp³-hybridized carbons (Fsp3) is 0.378. The minimum Gasteiger partial charge on any atom is -0.372 e. The van der Waals surface area contributed by atoms with Gasteiger partial charge in [-0.25, -0.2) is 17.5 Å². The molecule has 0 bridgehead atoms. The van der Waals surface area contributed by atoms with Crippen molar-refractivity contribution in [2.45, 2.75) is 57.1 Å². The molecule has 0 radical (unpaired) electrons. The molecule has 0 saturated carbocycles. The number of benzene rings is 3. The molecule has 12 nitrogen and oxygen atoms in total. The zero-order valence-corrected chi connectivity index (χ0v) is 35.4. The number of anilines is 3. The van der Waals surface area contributed by atoms with E-state index in [1.807, 2.05) is 24.3 Å². The number of carbonyl (C=O) groups excluding carboxylic acids is 2. The molecule has 8 rings (SSSR count). The molecule has 0 spiro atoms. The molecule has 2 amide bonds. The molecule has 2 N–H and O–H groups in total. The minimum atomic E-state index is -3.84. The van der Waals surface area contributed by atoms with Crippen molar-refractivity contribution in [3.63, 3.8) is 0 Å². The zero-order chi connectivity index (χ0) is 42.0. The summed E-state index contributed by atoms with van der Waals surface area (Å²) in [5, 5.41) is 6.82. The normalized spacial score (nSPS) is 18.7. The highest BCUT2D eigenvalue weighted by Crippen LogP contribution is 2.38. The molecule has 3 aliphatic rings. The van der Waals surface area contributed by atoms with Crippen molar-refractivity contribution in [3.05, 3.63) is 108 Å². The van der Waals surface area contributed by atoms with Gasteiger partial charge < -0.3 is 9.80 Å². The molecule has 3 aromatic carbocycles. The molecule has 2 atom stereocenters. The van der Waals surface area contributed by atoms with Gasteiger partial charge in [0.2, 0.25) is 21.8 Å². The third-order valence-corrected chi connectivity index (χ3v) is 14.4. The predicted molar refractivity (Wildman–Crippen MR) is 235 cm³/mol. The van der Waals surface area contributed by atoms with E-state index in [9.17, 15) is 18.0 Å². The average molecular weight is 853 g/mol. The molecule has 314 valence electrons. The second kappa shape index (κ2) is 17.7.